The number of carbonyl (C=O) groups is 1. The number of hydrogen-bond acceptors (Lipinski definition) is 2. The molecule has 3 N–H and O–H groups in total. The van der Waals surface area contributed by atoms with Crippen LogP contribution in [0.25, 0.3) is 0 Å². The third-order valence-corrected chi connectivity index (χ3v) is 4.28. The van der Waals surface area contributed by atoms with Gasteiger partial charge < -0.3 is 11.1 Å². The van der Waals surface area contributed by atoms with Crippen LogP contribution in [0.2, 0.25) is 0 Å². The number of nitrogens with two attached hydrogens (primary N) is 1. The quantitative estimate of drug-likeness (QED) is 0.815. The van der Waals surface area contributed by atoms with Crippen molar-refractivity contribution >= 4 is 33.2 Å². The van der Waals surface area contributed by atoms with Crippen molar-refractivity contribution in [2.75, 3.05) is 11.1 Å². The van der Waals surface area contributed by atoms with Crippen molar-refractivity contribution in [2.45, 2.75) is 39.5 Å². The van der Waals surface area contributed by atoms with E-state index in [4.69, 9.17) is 5.73 Å². The van der Waals surface area contributed by atoms with Crippen molar-refractivity contribution in [1.82, 2.24) is 0 Å². The van der Waals surface area contributed by atoms with Gasteiger partial charge in [0.05, 0.1) is 11.4 Å². The van der Waals surface area contributed by atoms with Crippen LogP contribution in [-0.2, 0) is 4.79 Å². The number of rotatable bonds is 2. The van der Waals surface area contributed by atoms with Crippen molar-refractivity contribution in [3.05, 3.63) is 22.2 Å². The third kappa shape index (κ3) is 2.53. The number of amides is 1. The second-order valence-corrected chi connectivity index (χ2v) is 6.32. The zero-order valence-corrected chi connectivity index (χ0v) is 12.4. The molecule has 1 fully saturated rings. The van der Waals surface area contributed by atoms with Gasteiger partial charge in [0.25, 0.3) is 0 Å². The van der Waals surface area contributed by atoms with Gasteiger partial charge in [0.2, 0.25) is 5.91 Å². The molecular formula is C14H19BrN2O. The van der Waals surface area contributed by atoms with Gasteiger partial charge in [-0.3, -0.25) is 4.79 Å². The maximum atomic E-state index is 12.3. The number of hydrogen-bond donors (Lipinski definition) is 2. The van der Waals surface area contributed by atoms with E-state index in [2.05, 4.69) is 21.2 Å². The van der Waals surface area contributed by atoms with Crippen LogP contribution >= 0.6 is 15.9 Å². The topological polar surface area (TPSA) is 55.1 Å². The van der Waals surface area contributed by atoms with Crippen molar-refractivity contribution in [3.8, 4) is 0 Å². The van der Waals surface area contributed by atoms with E-state index in [1.807, 2.05) is 26.0 Å². The van der Waals surface area contributed by atoms with Gasteiger partial charge in [0.15, 0.2) is 0 Å². The first-order chi connectivity index (χ1) is 8.42. The molecule has 0 radical (unpaired) electrons. The Morgan fingerprint density at radius 1 is 1.39 bits per heavy atom. The van der Waals surface area contributed by atoms with Crippen LogP contribution in [0.3, 0.4) is 0 Å². The molecule has 0 saturated heterocycles. The van der Waals surface area contributed by atoms with E-state index in [1.165, 1.54) is 0 Å². The molecular weight excluding hydrogens is 292 g/mol. The summed E-state index contributed by atoms with van der Waals surface area (Å²) in [4.78, 5) is 12.3. The number of carbonyl (C=O) groups excluding carboxylic acids is 1. The van der Waals surface area contributed by atoms with E-state index in [0.717, 1.165) is 41.4 Å². The fourth-order valence-electron chi connectivity index (χ4n) is 2.59. The molecule has 1 aliphatic rings. The van der Waals surface area contributed by atoms with E-state index in [-0.39, 0.29) is 11.3 Å². The lowest BCUT2D eigenvalue weighted by molar-refractivity contribution is -0.124. The summed E-state index contributed by atoms with van der Waals surface area (Å²) < 4.78 is 0.933. The Labute approximate surface area is 116 Å². The summed E-state index contributed by atoms with van der Waals surface area (Å²) in [7, 11) is 0. The largest absolute Gasteiger partial charge is 0.397 e. The molecule has 2 rings (SSSR count). The molecule has 1 aliphatic carbocycles. The van der Waals surface area contributed by atoms with Gasteiger partial charge in [0.1, 0.15) is 0 Å². The Hall–Kier alpha value is -1.03. The summed E-state index contributed by atoms with van der Waals surface area (Å²) in [5, 5.41) is 3.00. The van der Waals surface area contributed by atoms with E-state index in [9.17, 15) is 4.79 Å². The van der Waals surface area contributed by atoms with Gasteiger partial charge in [-0.05, 0) is 37.5 Å². The van der Waals surface area contributed by atoms with Crippen molar-refractivity contribution in [3.63, 3.8) is 0 Å². The fourth-order valence-corrected chi connectivity index (χ4v) is 3.18. The predicted octanol–water partition coefficient (Wildman–Crippen LogP) is 3.86. The summed E-state index contributed by atoms with van der Waals surface area (Å²) in [6.45, 7) is 3.99. The lowest BCUT2D eigenvalue weighted by Crippen LogP contribution is -2.31. The molecule has 0 heterocycles. The van der Waals surface area contributed by atoms with Gasteiger partial charge in [-0.15, -0.1) is 0 Å². The van der Waals surface area contributed by atoms with Crippen molar-refractivity contribution in [1.29, 1.82) is 0 Å². The minimum absolute atomic E-state index is 0.0946. The van der Waals surface area contributed by atoms with Crippen LogP contribution in [-0.4, -0.2) is 5.91 Å². The molecule has 18 heavy (non-hydrogen) atoms. The molecule has 1 saturated carbocycles. The van der Waals surface area contributed by atoms with Gasteiger partial charge in [-0.1, -0.05) is 35.7 Å². The van der Waals surface area contributed by atoms with E-state index in [1.54, 1.807) is 0 Å². The summed E-state index contributed by atoms with van der Waals surface area (Å²) in [5.74, 6) is 0.0946. The Balaban J connectivity index is 2.22. The second kappa shape index (κ2) is 4.92. The monoisotopic (exact) mass is 310 g/mol. The van der Waals surface area contributed by atoms with Crippen LogP contribution in [0.5, 0.6) is 0 Å². The molecule has 0 spiro atoms. The SMILES string of the molecule is Cc1cc(Br)cc(N)c1NC(=O)C1(C)CCCC1. The van der Waals surface area contributed by atoms with Crippen LogP contribution < -0.4 is 11.1 Å². The predicted molar refractivity (Wildman–Crippen MR) is 78.5 cm³/mol. The number of nitrogen functional groups attached to an aromatic ring is 1. The van der Waals surface area contributed by atoms with Gasteiger partial charge in [-0.2, -0.15) is 0 Å². The minimum atomic E-state index is -0.230. The standard InChI is InChI=1S/C14H19BrN2O/c1-9-7-10(15)8-11(16)12(9)17-13(18)14(2)5-3-4-6-14/h7-8H,3-6,16H2,1-2H3,(H,17,18). The minimum Gasteiger partial charge on any atom is -0.397 e. The summed E-state index contributed by atoms with van der Waals surface area (Å²) >= 11 is 3.40. The van der Waals surface area contributed by atoms with E-state index in [0.29, 0.717) is 5.69 Å². The Morgan fingerprint density at radius 3 is 2.56 bits per heavy atom. The Bertz CT molecular complexity index is 456. The number of anilines is 2. The molecule has 0 unspecified atom stereocenters. The van der Waals surface area contributed by atoms with Gasteiger partial charge in [0, 0.05) is 9.89 Å². The average molecular weight is 311 g/mol. The third-order valence-electron chi connectivity index (χ3n) is 3.82. The molecule has 3 nitrogen and oxygen atoms in total. The van der Waals surface area contributed by atoms with Crippen LogP contribution in [0.4, 0.5) is 11.4 Å². The highest BCUT2D eigenvalue weighted by molar-refractivity contribution is 9.10. The van der Waals surface area contributed by atoms with Crippen LogP contribution in [0.15, 0.2) is 16.6 Å². The maximum Gasteiger partial charge on any atom is 0.230 e. The number of aryl methyl sites for hydroxylation is 1. The summed E-state index contributed by atoms with van der Waals surface area (Å²) in [6.07, 6.45) is 4.21. The highest BCUT2D eigenvalue weighted by Gasteiger charge is 2.36. The molecule has 0 bridgehead atoms. The summed E-state index contributed by atoms with van der Waals surface area (Å²) in [5.41, 5.74) is 8.08. The van der Waals surface area contributed by atoms with Gasteiger partial charge >= 0.3 is 0 Å². The van der Waals surface area contributed by atoms with E-state index >= 15 is 0 Å². The fraction of sp³-hybridized carbons (Fsp3) is 0.500. The smallest absolute Gasteiger partial charge is 0.230 e. The molecule has 0 aliphatic heterocycles. The zero-order valence-electron chi connectivity index (χ0n) is 10.8. The lowest BCUT2D eigenvalue weighted by Gasteiger charge is -2.23. The molecule has 4 heteroatoms. The highest BCUT2D eigenvalue weighted by atomic mass is 79.9. The maximum absolute atomic E-state index is 12.3. The first-order valence-corrected chi connectivity index (χ1v) is 7.09. The van der Waals surface area contributed by atoms with Gasteiger partial charge in [-0.25, -0.2) is 0 Å². The highest BCUT2D eigenvalue weighted by Crippen LogP contribution is 2.39. The lowest BCUT2D eigenvalue weighted by atomic mass is 9.87. The molecule has 1 aromatic carbocycles. The number of nitrogens with one attached hydrogen (secondary N) is 1. The molecule has 1 aromatic rings. The van der Waals surface area contributed by atoms with Crippen molar-refractivity contribution in [2.24, 2.45) is 5.41 Å². The number of halogens is 1. The molecule has 98 valence electrons. The molecule has 0 aromatic heterocycles. The molecule has 1 amide bonds. The Morgan fingerprint density at radius 2 is 2.00 bits per heavy atom. The zero-order chi connectivity index (χ0) is 13.3. The van der Waals surface area contributed by atoms with Crippen molar-refractivity contribution < 1.29 is 4.79 Å². The van der Waals surface area contributed by atoms with Crippen LogP contribution in [0.1, 0.15) is 38.2 Å². The normalized spacial score (nSPS) is 17.7. The summed E-state index contributed by atoms with van der Waals surface area (Å²) in [6, 6.07) is 3.78. The average Bonchev–Trinajstić information content (AvgIpc) is 2.71. The van der Waals surface area contributed by atoms with E-state index < -0.39 is 0 Å². The Kier molecular flexibility index (Phi) is 3.66. The number of benzene rings is 1. The first kappa shape index (κ1) is 13.4. The van der Waals surface area contributed by atoms with Crippen LogP contribution in [0, 0.1) is 12.3 Å². The molecule has 0 atom stereocenters. The second-order valence-electron chi connectivity index (χ2n) is 5.41. The first-order valence-electron chi connectivity index (χ1n) is 6.29.